The average molecular weight is 370 g/mol. The standard InChI is InChI=1S/C20H19FN2O2S/c21-20-11-5-4-8-18(20)12-14-26(24,25)23(19-9-2-1-3-10-19)16-17-7-6-13-22-15-17/h1-11,13,15H,12,14,16H2. The third kappa shape index (κ3) is 4.46. The van der Waals surface area contributed by atoms with Crippen LogP contribution in [0.1, 0.15) is 11.1 Å². The van der Waals surface area contributed by atoms with Gasteiger partial charge in [0.1, 0.15) is 5.82 Å². The van der Waals surface area contributed by atoms with Crippen LogP contribution in [0, 0.1) is 5.82 Å². The zero-order valence-electron chi connectivity index (χ0n) is 14.1. The van der Waals surface area contributed by atoms with Crippen molar-refractivity contribution < 1.29 is 12.8 Å². The Bertz CT molecular complexity index is 948. The summed E-state index contributed by atoms with van der Waals surface area (Å²) in [6.45, 7) is 0.178. The van der Waals surface area contributed by atoms with E-state index in [2.05, 4.69) is 4.98 Å². The summed E-state index contributed by atoms with van der Waals surface area (Å²) in [6, 6.07) is 18.7. The summed E-state index contributed by atoms with van der Waals surface area (Å²) < 4.78 is 41.2. The first-order valence-corrected chi connectivity index (χ1v) is 9.85. The Morgan fingerprint density at radius 3 is 2.35 bits per heavy atom. The van der Waals surface area contributed by atoms with Crippen molar-refractivity contribution in [3.05, 3.63) is 96.1 Å². The molecule has 26 heavy (non-hydrogen) atoms. The van der Waals surface area contributed by atoms with E-state index < -0.39 is 10.0 Å². The minimum absolute atomic E-state index is 0.116. The quantitative estimate of drug-likeness (QED) is 0.636. The van der Waals surface area contributed by atoms with E-state index in [0.717, 1.165) is 5.56 Å². The van der Waals surface area contributed by atoms with Crippen LogP contribution in [0.5, 0.6) is 0 Å². The van der Waals surface area contributed by atoms with Gasteiger partial charge >= 0.3 is 0 Å². The number of rotatable bonds is 7. The maximum atomic E-state index is 13.8. The van der Waals surface area contributed by atoms with Crippen molar-refractivity contribution >= 4 is 15.7 Å². The molecule has 6 heteroatoms. The maximum Gasteiger partial charge on any atom is 0.235 e. The molecule has 0 atom stereocenters. The molecule has 3 aromatic rings. The number of para-hydroxylation sites is 1. The third-order valence-electron chi connectivity index (χ3n) is 4.02. The Balaban J connectivity index is 1.86. The van der Waals surface area contributed by atoms with Crippen LogP contribution in [0.3, 0.4) is 0 Å². The highest BCUT2D eigenvalue weighted by Gasteiger charge is 2.23. The number of sulfonamides is 1. The van der Waals surface area contributed by atoms with Gasteiger partial charge in [0.15, 0.2) is 0 Å². The van der Waals surface area contributed by atoms with E-state index in [4.69, 9.17) is 0 Å². The smallest absolute Gasteiger partial charge is 0.235 e. The first kappa shape index (κ1) is 18.1. The van der Waals surface area contributed by atoms with Crippen molar-refractivity contribution in [3.63, 3.8) is 0 Å². The summed E-state index contributed by atoms with van der Waals surface area (Å²) in [5, 5.41) is 0. The second kappa shape index (κ2) is 8.10. The fourth-order valence-corrected chi connectivity index (χ4v) is 4.14. The molecule has 0 N–H and O–H groups in total. The van der Waals surface area contributed by atoms with Gasteiger partial charge in [-0.15, -0.1) is 0 Å². The van der Waals surface area contributed by atoms with Crippen molar-refractivity contribution in [3.8, 4) is 0 Å². The van der Waals surface area contributed by atoms with E-state index in [1.165, 1.54) is 10.4 Å². The van der Waals surface area contributed by atoms with Crippen LogP contribution < -0.4 is 4.31 Å². The molecule has 0 aliphatic rings. The molecule has 0 aliphatic heterocycles. The lowest BCUT2D eigenvalue weighted by Crippen LogP contribution is -2.33. The minimum atomic E-state index is -3.65. The van der Waals surface area contributed by atoms with Crippen molar-refractivity contribution in [2.45, 2.75) is 13.0 Å². The Kier molecular flexibility index (Phi) is 5.63. The number of nitrogens with zero attached hydrogens (tertiary/aromatic N) is 2. The molecular formula is C20H19FN2O2S. The second-order valence-corrected chi connectivity index (χ2v) is 7.87. The molecule has 0 spiro atoms. The monoisotopic (exact) mass is 370 g/mol. The summed E-state index contributed by atoms with van der Waals surface area (Å²) in [4.78, 5) is 4.05. The lowest BCUT2D eigenvalue weighted by atomic mass is 10.2. The molecule has 0 unspecified atom stereocenters. The lowest BCUT2D eigenvalue weighted by Gasteiger charge is -2.24. The van der Waals surface area contributed by atoms with E-state index in [-0.39, 0.29) is 24.5 Å². The van der Waals surface area contributed by atoms with Crippen LogP contribution in [0.25, 0.3) is 0 Å². The molecule has 3 rings (SSSR count). The van der Waals surface area contributed by atoms with Crippen LogP contribution in [-0.4, -0.2) is 19.2 Å². The number of halogens is 1. The first-order chi connectivity index (χ1) is 12.6. The summed E-state index contributed by atoms with van der Waals surface area (Å²) in [5.74, 6) is -0.565. The van der Waals surface area contributed by atoms with Gasteiger partial charge in [0, 0.05) is 12.4 Å². The SMILES string of the molecule is O=S(=O)(CCc1ccccc1F)N(Cc1cccnc1)c1ccccc1. The third-order valence-corrected chi connectivity index (χ3v) is 5.75. The highest BCUT2D eigenvalue weighted by Crippen LogP contribution is 2.22. The summed E-state index contributed by atoms with van der Waals surface area (Å²) in [5.41, 5.74) is 1.75. The van der Waals surface area contributed by atoms with Gasteiger partial charge in [-0.1, -0.05) is 42.5 Å². The number of anilines is 1. The van der Waals surface area contributed by atoms with Crippen molar-refractivity contribution in [2.75, 3.05) is 10.1 Å². The van der Waals surface area contributed by atoms with Gasteiger partial charge in [-0.05, 0) is 41.8 Å². The topological polar surface area (TPSA) is 50.3 Å². The van der Waals surface area contributed by atoms with Crippen LogP contribution in [0.2, 0.25) is 0 Å². The largest absolute Gasteiger partial charge is 0.266 e. The Hall–Kier alpha value is -2.73. The molecule has 1 heterocycles. The number of benzene rings is 2. The minimum Gasteiger partial charge on any atom is -0.266 e. The van der Waals surface area contributed by atoms with Gasteiger partial charge in [0.25, 0.3) is 0 Å². The molecule has 0 saturated carbocycles. The second-order valence-electron chi connectivity index (χ2n) is 5.86. The summed E-state index contributed by atoms with van der Waals surface area (Å²) in [7, 11) is -3.65. The average Bonchev–Trinajstić information content (AvgIpc) is 2.67. The molecule has 0 bridgehead atoms. The molecule has 2 aromatic carbocycles. The zero-order chi connectivity index (χ0) is 18.4. The van der Waals surface area contributed by atoms with Gasteiger partial charge in [-0.2, -0.15) is 0 Å². The van der Waals surface area contributed by atoms with Gasteiger partial charge in [0.05, 0.1) is 18.0 Å². The highest BCUT2D eigenvalue weighted by atomic mass is 32.2. The Morgan fingerprint density at radius 2 is 1.65 bits per heavy atom. The molecule has 0 saturated heterocycles. The molecule has 0 aliphatic carbocycles. The van der Waals surface area contributed by atoms with Crippen LogP contribution in [0.15, 0.2) is 79.1 Å². The molecule has 0 radical (unpaired) electrons. The van der Waals surface area contributed by atoms with Crippen molar-refractivity contribution in [1.29, 1.82) is 0 Å². The molecular weight excluding hydrogens is 351 g/mol. The van der Waals surface area contributed by atoms with Crippen LogP contribution >= 0.6 is 0 Å². The highest BCUT2D eigenvalue weighted by molar-refractivity contribution is 7.92. The van der Waals surface area contributed by atoms with Crippen molar-refractivity contribution in [2.24, 2.45) is 0 Å². The maximum absolute atomic E-state index is 13.8. The molecule has 0 amide bonds. The first-order valence-electron chi connectivity index (χ1n) is 8.24. The number of hydrogen-bond acceptors (Lipinski definition) is 3. The van der Waals surface area contributed by atoms with E-state index in [0.29, 0.717) is 11.3 Å². The van der Waals surface area contributed by atoms with Gasteiger partial charge in [0.2, 0.25) is 10.0 Å². The Morgan fingerprint density at radius 1 is 0.923 bits per heavy atom. The summed E-state index contributed by atoms with van der Waals surface area (Å²) in [6.07, 6.45) is 3.40. The van der Waals surface area contributed by atoms with E-state index in [9.17, 15) is 12.8 Å². The van der Waals surface area contributed by atoms with Gasteiger partial charge in [-0.3, -0.25) is 9.29 Å². The predicted molar refractivity (Wildman–Crippen MR) is 101 cm³/mol. The number of aryl methyl sites for hydroxylation is 1. The van der Waals surface area contributed by atoms with Crippen LogP contribution in [0.4, 0.5) is 10.1 Å². The molecule has 0 fully saturated rings. The summed E-state index contributed by atoms with van der Waals surface area (Å²) >= 11 is 0. The fraction of sp³-hybridized carbons (Fsp3) is 0.150. The fourth-order valence-electron chi connectivity index (χ4n) is 2.65. The van der Waals surface area contributed by atoms with E-state index in [1.54, 1.807) is 60.9 Å². The Labute approximate surface area is 153 Å². The van der Waals surface area contributed by atoms with Crippen molar-refractivity contribution in [1.82, 2.24) is 4.98 Å². The van der Waals surface area contributed by atoms with E-state index in [1.807, 2.05) is 12.1 Å². The molecule has 134 valence electrons. The normalized spacial score (nSPS) is 11.3. The van der Waals surface area contributed by atoms with Crippen LogP contribution in [-0.2, 0) is 23.0 Å². The molecule has 1 aromatic heterocycles. The predicted octanol–water partition coefficient (Wildman–Crippen LogP) is 3.80. The van der Waals surface area contributed by atoms with Gasteiger partial charge < -0.3 is 0 Å². The lowest BCUT2D eigenvalue weighted by molar-refractivity contribution is 0.586. The number of hydrogen-bond donors (Lipinski definition) is 0. The van der Waals surface area contributed by atoms with Gasteiger partial charge in [-0.25, -0.2) is 12.8 Å². The number of pyridine rings is 1. The number of aromatic nitrogens is 1. The molecule has 4 nitrogen and oxygen atoms in total. The zero-order valence-corrected chi connectivity index (χ0v) is 14.9. The van der Waals surface area contributed by atoms with E-state index >= 15 is 0 Å².